The van der Waals surface area contributed by atoms with Crippen LogP contribution in [0.1, 0.15) is 40.8 Å². The molecule has 0 spiro atoms. The standard InChI is InChI=1S/C28H31ClN2O6/c1-3-34-13-5-12-30(28(33)22-6-4-7-23(29)15-22)18-27(32)31(17-24-10-8-20(2)37-24)16-21-9-11-25-26(14-21)36-19-35-25/h4,6-11,14-15H,3,5,12-13,16-19H2,1-2H3. The highest BCUT2D eigenvalue weighted by atomic mass is 35.5. The molecule has 2 heterocycles. The quantitative estimate of drug-likeness (QED) is 0.307. The van der Waals surface area contributed by atoms with Gasteiger partial charge in [-0.2, -0.15) is 0 Å². The van der Waals surface area contributed by atoms with Gasteiger partial charge in [-0.3, -0.25) is 9.59 Å². The van der Waals surface area contributed by atoms with Crippen LogP contribution < -0.4 is 9.47 Å². The Balaban J connectivity index is 1.54. The second kappa shape index (κ2) is 12.7. The topological polar surface area (TPSA) is 81.5 Å². The molecule has 0 aliphatic carbocycles. The van der Waals surface area contributed by atoms with Crippen LogP contribution in [-0.4, -0.2) is 54.7 Å². The van der Waals surface area contributed by atoms with Crippen LogP contribution in [0.4, 0.5) is 0 Å². The summed E-state index contributed by atoms with van der Waals surface area (Å²) in [6.07, 6.45) is 0.604. The molecule has 0 unspecified atom stereocenters. The van der Waals surface area contributed by atoms with Crippen LogP contribution in [-0.2, 0) is 22.6 Å². The molecule has 1 aliphatic heterocycles. The van der Waals surface area contributed by atoms with Gasteiger partial charge >= 0.3 is 0 Å². The Labute approximate surface area is 221 Å². The van der Waals surface area contributed by atoms with Gasteiger partial charge < -0.3 is 28.4 Å². The molecular formula is C28H31ClN2O6. The average molecular weight is 527 g/mol. The Kier molecular flexibility index (Phi) is 9.09. The van der Waals surface area contributed by atoms with Crippen LogP contribution >= 0.6 is 11.6 Å². The van der Waals surface area contributed by atoms with Crippen molar-refractivity contribution in [2.75, 3.05) is 33.1 Å². The fraction of sp³-hybridized carbons (Fsp3) is 0.357. The van der Waals surface area contributed by atoms with E-state index in [1.165, 1.54) is 0 Å². The molecule has 37 heavy (non-hydrogen) atoms. The summed E-state index contributed by atoms with van der Waals surface area (Å²) in [5, 5.41) is 0.462. The summed E-state index contributed by atoms with van der Waals surface area (Å²) in [5.74, 6) is 2.28. The average Bonchev–Trinajstić information content (AvgIpc) is 3.53. The number of rotatable bonds is 12. The minimum Gasteiger partial charge on any atom is -0.464 e. The lowest BCUT2D eigenvalue weighted by atomic mass is 10.1. The second-order valence-corrected chi connectivity index (χ2v) is 9.17. The first-order valence-corrected chi connectivity index (χ1v) is 12.6. The van der Waals surface area contributed by atoms with E-state index < -0.39 is 0 Å². The number of carbonyl (C=O) groups excluding carboxylic acids is 2. The van der Waals surface area contributed by atoms with Crippen molar-refractivity contribution in [3.63, 3.8) is 0 Å². The van der Waals surface area contributed by atoms with E-state index in [0.717, 1.165) is 11.3 Å². The maximum atomic E-state index is 13.7. The molecule has 196 valence electrons. The van der Waals surface area contributed by atoms with E-state index >= 15 is 0 Å². The van der Waals surface area contributed by atoms with Crippen LogP contribution in [0.5, 0.6) is 11.5 Å². The number of furan rings is 1. The smallest absolute Gasteiger partial charge is 0.254 e. The number of halogens is 1. The normalized spacial score (nSPS) is 12.0. The van der Waals surface area contributed by atoms with Crippen molar-refractivity contribution in [3.8, 4) is 11.5 Å². The van der Waals surface area contributed by atoms with E-state index in [9.17, 15) is 9.59 Å². The van der Waals surface area contributed by atoms with Gasteiger partial charge in [0.1, 0.15) is 18.1 Å². The van der Waals surface area contributed by atoms with Crippen molar-refractivity contribution in [1.82, 2.24) is 9.80 Å². The molecular weight excluding hydrogens is 496 g/mol. The van der Waals surface area contributed by atoms with Gasteiger partial charge in [-0.1, -0.05) is 23.7 Å². The van der Waals surface area contributed by atoms with Crippen molar-refractivity contribution in [2.24, 2.45) is 0 Å². The van der Waals surface area contributed by atoms with Gasteiger partial charge in [0.05, 0.1) is 6.54 Å². The largest absolute Gasteiger partial charge is 0.464 e. The second-order valence-electron chi connectivity index (χ2n) is 8.74. The molecule has 0 bridgehead atoms. The molecule has 0 atom stereocenters. The first kappa shape index (κ1) is 26.6. The fourth-order valence-corrected chi connectivity index (χ4v) is 4.26. The predicted octanol–water partition coefficient (Wildman–Crippen LogP) is 5.07. The predicted molar refractivity (Wildman–Crippen MR) is 139 cm³/mol. The minimum atomic E-state index is -0.260. The third-order valence-electron chi connectivity index (χ3n) is 5.91. The van der Waals surface area contributed by atoms with E-state index in [2.05, 4.69) is 0 Å². The van der Waals surface area contributed by atoms with Crippen LogP contribution in [0.25, 0.3) is 0 Å². The Morgan fingerprint density at radius 1 is 1.00 bits per heavy atom. The molecule has 2 aromatic carbocycles. The Bertz CT molecular complexity index is 1230. The van der Waals surface area contributed by atoms with Crippen molar-refractivity contribution >= 4 is 23.4 Å². The number of nitrogens with zero attached hydrogens (tertiary/aromatic N) is 2. The fourth-order valence-electron chi connectivity index (χ4n) is 4.07. The van der Waals surface area contributed by atoms with E-state index in [0.29, 0.717) is 60.6 Å². The third-order valence-corrected chi connectivity index (χ3v) is 6.15. The van der Waals surface area contributed by atoms with Crippen molar-refractivity contribution in [2.45, 2.75) is 33.4 Å². The highest BCUT2D eigenvalue weighted by molar-refractivity contribution is 6.31. The summed E-state index contributed by atoms with van der Waals surface area (Å²) in [5.41, 5.74) is 1.31. The number of amides is 2. The van der Waals surface area contributed by atoms with Gasteiger partial charge in [0.15, 0.2) is 11.5 Å². The summed E-state index contributed by atoms with van der Waals surface area (Å²) in [7, 11) is 0. The number of aryl methyl sites for hydroxylation is 1. The lowest BCUT2D eigenvalue weighted by Gasteiger charge is -2.27. The zero-order chi connectivity index (χ0) is 26.2. The summed E-state index contributed by atoms with van der Waals surface area (Å²) in [6, 6.07) is 16.1. The van der Waals surface area contributed by atoms with Crippen molar-refractivity contribution in [3.05, 3.63) is 82.3 Å². The summed E-state index contributed by atoms with van der Waals surface area (Å²) >= 11 is 6.12. The van der Waals surface area contributed by atoms with Crippen molar-refractivity contribution < 1.29 is 28.2 Å². The van der Waals surface area contributed by atoms with Gasteiger partial charge in [-0.15, -0.1) is 0 Å². The lowest BCUT2D eigenvalue weighted by molar-refractivity contribution is -0.133. The number of benzene rings is 2. The summed E-state index contributed by atoms with van der Waals surface area (Å²) in [4.78, 5) is 30.3. The first-order valence-electron chi connectivity index (χ1n) is 12.3. The molecule has 1 aromatic heterocycles. The van der Waals surface area contributed by atoms with E-state index in [1.807, 2.05) is 44.2 Å². The Morgan fingerprint density at radius 2 is 1.84 bits per heavy atom. The molecule has 9 heteroatoms. The maximum absolute atomic E-state index is 13.7. The number of carbonyl (C=O) groups is 2. The summed E-state index contributed by atoms with van der Waals surface area (Å²) < 4.78 is 22.1. The molecule has 1 aliphatic rings. The van der Waals surface area contributed by atoms with Gasteiger partial charge in [0.2, 0.25) is 12.7 Å². The molecule has 4 rings (SSSR count). The third kappa shape index (κ3) is 7.27. The molecule has 3 aromatic rings. The number of hydrogen-bond donors (Lipinski definition) is 0. The van der Waals surface area contributed by atoms with Crippen LogP contribution in [0.2, 0.25) is 5.02 Å². The molecule has 8 nitrogen and oxygen atoms in total. The van der Waals surface area contributed by atoms with E-state index in [4.69, 9.17) is 30.2 Å². The molecule has 0 saturated heterocycles. The monoisotopic (exact) mass is 526 g/mol. The highest BCUT2D eigenvalue weighted by Crippen LogP contribution is 2.33. The maximum Gasteiger partial charge on any atom is 0.254 e. The van der Waals surface area contributed by atoms with Crippen LogP contribution in [0.15, 0.2) is 59.0 Å². The zero-order valence-corrected chi connectivity index (χ0v) is 21.8. The van der Waals surface area contributed by atoms with Crippen molar-refractivity contribution in [1.29, 1.82) is 0 Å². The molecule has 2 amide bonds. The zero-order valence-electron chi connectivity index (χ0n) is 21.1. The lowest BCUT2D eigenvalue weighted by Crippen LogP contribution is -2.43. The minimum absolute atomic E-state index is 0.0955. The molecule has 0 N–H and O–H groups in total. The number of fused-ring (bicyclic) bond motifs is 1. The molecule has 0 fully saturated rings. The van der Waals surface area contributed by atoms with Gasteiger partial charge in [0.25, 0.3) is 5.91 Å². The summed E-state index contributed by atoms with van der Waals surface area (Å²) in [6.45, 7) is 5.89. The van der Waals surface area contributed by atoms with Gasteiger partial charge in [-0.05, 0) is 68.3 Å². The number of ether oxygens (including phenoxy) is 3. The van der Waals surface area contributed by atoms with E-state index in [1.54, 1.807) is 34.1 Å². The van der Waals surface area contributed by atoms with Crippen LogP contribution in [0, 0.1) is 6.92 Å². The molecule has 0 radical (unpaired) electrons. The van der Waals surface area contributed by atoms with Crippen LogP contribution in [0.3, 0.4) is 0 Å². The number of hydrogen-bond acceptors (Lipinski definition) is 6. The first-order chi connectivity index (χ1) is 17.9. The highest BCUT2D eigenvalue weighted by Gasteiger charge is 2.24. The van der Waals surface area contributed by atoms with Gasteiger partial charge in [-0.25, -0.2) is 0 Å². The van der Waals surface area contributed by atoms with Gasteiger partial charge in [0, 0.05) is 36.9 Å². The Hall–Kier alpha value is -3.49. The SMILES string of the molecule is CCOCCCN(CC(=O)N(Cc1ccc2c(c1)OCO2)Cc1ccc(C)o1)C(=O)c1cccc(Cl)c1. The molecule has 0 saturated carbocycles. The van der Waals surface area contributed by atoms with E-state index in [-0.39, 0.29) is 31.7 Å². The Morgan fingerprint density at radius 3 is 2.59 bits per heavy atom.